The van der Waals surface area contributed by atoms with Crippen molar-refractivity contribution >= 4 is 26.7 Å². The molecule has 3 aromatic carbocycles. The molecule has 1 aliphatic rings. The number of benzene rings is 3. The van der Waals surface area contributed by atoms with Crippen molar-refractivity contribution < 1.29 is 17.9 Å². The molecule has 0 unspecified atom stereocenters. The van der Waals surface area contributed by atoms with E-state index < -0.39 is 10.0 Å². The van der Waals surface area contributed by atoms with Gasteiger partial charge in [0.25, 0.3) is 0 Å². The summed E-state index contributed by atoms with van der Waals surface area (Å²) in [5.74, 6) is -0.0251. The second-order valence-corrected chi connectivity index (χ2v) is 9.51. The Balaban J connectivity index is 1.31. The molecular formula is C24H26N2O4S. The summed E-state index contributed by atoms with van der Waals surface area (Å²) in [5.41, 5.74) is 1.99. The molecule has 0 radical (unpaired) electrons. The van der Waals surface area contributed by atoms with E-state index in [0.29, 0.717) is 45.7 Å². The van der Waals surface area contributed by atoms with Crippen LogP contribution in [-0.2, 0) is 32.4 Å². The van der Waals surface area contributed by atoms with Crippen molar-refractivity contribution in [2.24, 2.45) is 0 Å². The first kappa shape index (κ1) is 21.5. The van der Waals surface area contributed by atoms with Gasteiger partial charge in [-0.3, -0.25) is 4.79 Å². The molecule has 1 N–H and O–H groups in total. The first-order chi connectivity index (χ1) is 15.0. The average Bonchev–Trinajstić information content (AvgIpc) is 2.80. The van der Waals surface area contributed by atoms with E-state index >= 15 is 0 Å². The fourth-order valence-corrected chi connectivity index (χ4v) is 5.20. The van der Waals surface area contributed by atoms with E-state index in [4.69, 9.17) is 4.74 Å². The Labute approximate surface area is 182 Å². The molecule has 6 nitrogen and oxygen atoms in total. The second-order valence-electron chi connectivity index (χ2n) is 7.58. The van der Waals surface area contributed by atoms with Crippen molar-refractivity contribution in [2.75, 3.05) is 32.8 Å². The lowest BCUT2D eigenvalue weighted by Crippen LogP contribution is -2.40. The molecule has 0 aromatic heterocycles. The van der Waals surface area contributed by atoms with Gasteiger partial charge in [0, 0.05) is 19.6 Å². The Morgan fingerprint density at radius 1 is 0.935 bits per heavy atom. The number of ether oxygens (including phenoxy) is 1. The highest BCUT2D eigenvalue weighted by molar-refractivity contribution is 7.89. The maximum Gasteiger partial charge on any atom is 0.243 e. The maximum absolute atomic E-state index is 12.7. The molecule has 7 heteroatoms. The van der Waals surface area contributed by atoms with Gasteiger partial charge in [0.15, 0.2) is 0 Å². The van der Waals surface area contributed by atoms with Crippen LogP contribution >= 0.6 is 0 Å². The third-order valence-electron chi connectivity index (χ3n) is 5.50. The number of hydrogen-bond acceptors (Lipinski definition) is 4. The van der Waals surface area contributed by atoms with Crippen molar-refractivity contribution in [1.29, 1.82) is 0 Å². The Morgan fingerprint density at radius 2 is 1.65 bits per heavy atom. The molecule has 1 saturated heterocycles. The van der Waals surface area contributed by atoms with Gasteiger partial charge in [-0.1, -0.05) is 54.6 Å². The lowest BCUT2D eigenvalue weighted by atomic mass is 10.0. The number of nitrogens with zero attached hydrogens (tertiary/aromatic N) is 1. The molecule has 1 aliphatic heterocycles. The smallest absolute Gasteiger partial charge is 0.243 e. The Morgan fingerprint density at radius 3 is 2.42 bits per heavy atom. The number of sulfonamides is 1. The van der Waals surface area contributed by atoms with Crippen molar-refractivity contribution in [3.8, 4) is 0 Å². The predicted molar refractivity (Wildman–Crippen MR) is 120 cm³/mol. The minimum absolute atomic E-state index is 0.0251. The van der Waals surface area contributed by atoms with E-state index in [1.807, 2.05) is 54.6 Å². The van der Waals surface area contributed by atoms with Gasteiger partial charge in [0.05, 0.1) is 24.5 Å². The molecule has 162 valence electrons. The first-order valence-electron chi connectivity index (χ1n) is 10.4. The van der Waals surface area contributed by atoms with Crippen LogP contribution in [0.3, 0.4) is 0 Å². The zero-order valence-corrected chi connectivity index (χ0v) is 18.1. The van der Waals surface area contributed by atoms with E-state index in [1.54, 1.807) is 12.1 Å². The van der Waals surface area contributed by atoms with Crippen LogP contribution < -0.4 is 5.32 Å². The van der Waals surface area contributed by atoms with Crippen LogP contribution in [0.1, 0.15) is 11.1 Å². The Hall–Kier alpha value is -2.74. The number of hydrogen-bond donors (Lipinski definition) is 1. The number of morpholine rings is 1. The van der Waals surface area contributed by atoms with Gasteiger partial charge in [0.2, 0.25) is 15.9 Å². The molecule has 31 heavy (non-hydrogen) atoms. The fraction of sp³-hybridized carbons (Fsp3) is 0.292. The number of nitrogens with one attached hydrogen (secondary N) is 1. The molecule has 0 atom stereocenters. The zero-order chi connectivity index (χ0) is 21.7. The van der Waals surface area contributed by atoms with E-state index in [0.717, 1.165) is 21.9 Å². The fourth-order valence-electron chi connectivity index (χ4n) is 3.79. The molecular weight excluding hydrogens is 412 g/mol. The highest BCUT2D eigenvalue weighted by Gasteiger charge is 2.26. The molecule has 1 fully saturated rings. The lowest BCUT2D eigenvalue weighted by Gasteiger charge is -2.26. The first-order valence-corrected chi connectivity index (χ1v) is 11.9. The molecule has 0 spiro atoms. The van der Waals surface area contributed by atoms with Gasteiger partial charge in [-0.25, -0.2) is 8.42 Å². The highest BCUT2D eigenvalue weighted by Crippen LogP contribution is 2.19. The standard InChI is InChI=1S/C24H26N2O4S/c27-24(18-21-6-3-5-20-4-1-2-7-23(20)21)25-13-12-19-8-10-22(11-9-19)31(28,29)26-14-16-30-17-15-26/h1-11H,12-18H2,(H,25,27). The molecule has 0 bridgehead atoms. The minimum atomic E-state index is -3.48. The number of fused-ring (bicyclic) bond motifs is 1. The van der Waals surface area contributed by atoms with Gasteiger partial charge < -0.3 is 10.1 Å². The third-order valence-corrected chi connectivity index (χ3v) is 7.41. The SMILES string of the molecule is O=C(Cc1cccc2ccccc12)NCCc1ccc(S(=O)(=O)N2CCOCC2)cc1. The monoisotopic (exact) mass is 438 g/mol. The topological polar surface area (TPSA) is 75.7 Å². The van der Waals surface area contributed by atoms with Crippen molar-refractivity contribution in [2.45, 2.75) is 17.7 Å². The quantitative estimate of drug-likeness (QED) is 0.616. The normalized spacial score (nSPS) is 15.1. The summed E-state index contributed by atoms with van der Waals surface area (Å²) in [5, 5.41) is 5.18. The van der Waals surface area contributed by atoms with Crippen LogP contribution in [0, 0.1) is 0 Å². The van der Waals surface area contributed by atoms with Crippen molar-refractivity contribution in [3.63, 3.8) is 0 Å². The van der Waals surface area contributed by atoms with E-state index in [1.165, 1.54) is 4.31 Å². The summed E-state index contributed by atoms with van der Waals surface area (Å²) >= 11 is 0. The Bertz CT molecular complexity index is 1150. The molecule has 0 saturated carbocycles. The average molecular weight is 439 g/mol. The summed E-state index contributed by atoms with van der Waals surface area (Å²) in [4.78, 5) is 12.7. The molecule has 1 heterocycles. The van der Waals surface area contributed by atoms with Crippen LogP contribution in [0.4, 0.5) is 0 Å². The molecule has 0 aliphatic carbocycles. The van der Waals surface area contributed by atoms with E-state index in [2.05, 4.69) is 5.32 Å². The number of amides is 1. The van der Waals surface area contributed by atoms with Gasteiger partial charge in [-0.15, -0.1) is 0 Å². The number of carbonyl (C=O) groups excluding carboxylic acids is 1. The molecule has 3 aromatic rings. The van der Waals surface area contributed by atoms with E-state index in [9.17, 15) is 13.2 Å². The number of rotatable bonds is 7. The summed E-state index contributed by atoms with van der Waals surface area (Å²) in [6.07, 6.45) is 0.969. The highest BCUT2D eigenvalue weighted by atomic mass is 32.2. The predicted octanol–water partition coefficient (Wildman–Crippen LogP) is 2.76. The third kappa shape index (κ3) is 5.12. The lowest BCUT2D eigenvalue weighted by molar-refractivity contribution is -0.120. The van der Waals surface area contributed by atoms with Crippen LogP contribution in [0.5, 0.6) is 0 Å². The summed E-state index contributed by atoms with van der Waals surface area (Å²) in [7, 11) is -3.48. The van der Waals surface area contributed by atoms with E-state index in [-0.39, 0.29) is 10.8 Å². The molecule has 4 rings (SSSR count). The van der Waals surface area contributed by atoms with Crippen LogP contribution in [0.25, 0.3) is 10.8 Å². The number of carbonyl (C=O) groups is 1. The summed E-state index contributed by atoms with van der Waals surface area (Å²) < 4.78 is 32.1. The van der Waals surface area contributed by atoms with Crippen LogP contribution in [-0.4, -0.2) is 51.5 Å². The largest absolute Gasteiger partial charge is 0.379 e. The van der Waals surface area contributed by atoms with Crippen LogP contribution in [0.15, 0.2) is 71.6 Å². The maximum atomic E-state index is 12.7. The zero-order valence-electron chi connectivity index (χ0n) is 17.3. The summed E-state index contributed by atoms with van der Waals surface area (Å²) in [6, 6.07) is 20.9. The Kier molecular flexibility index (Phi) is 6.65. The minimum Gasteiger partial charge on any atom is -0.379 e. The van der Waals surface area contributed by atoms with Gasteiger partial charge in [0.1, 0.15) is 0 Å². The van der Waals surface area contributed by atoms with Crippen molar-refractivity contribution in [1.82, 2.24) is 9.62 Å². The van der Waals surface area contributed by atoms with Gasteiger partial charge >= 0.3 is 0 Å². The van der Waals surface area contributed by atoms with Gasteiger partial charge in [-0.2, -0.15) is 4.31 Å². The van der Waals surface area contributed by atoms with Crippen LogP contribution in [0.2, 0.25) is 0 Å². The summed E-state index contributed by atoms with van der Waals surface area (Å²) in [6.45, 7) is 2.12. The molecule has 1 amide bonds. The second kappa shape index (κ2) is 9.60. The van der Waals surface area contributed by atoms with Gasteiger partial charge in [-0.05, 0) is 40.5 Å². The van der Waals surface area contributed by atoms with Crippen molar-refractivity contribution in [3.05, 3.63) is 77.9 Å².